The first kappa shape index (κ1) is 9.44. The van der Waals surface area contributed by atoms with E-state index in [4.69, 9.17) is 5.73 Å². The van der Waals surface area contributed by atoms with Gasteiger partial charge < -0.3 is 5.73 Å². The third-order valence-corrected chi connectivity index (χ3v) is 3.19. The molecule has 16 heavy (non-hydrogen) atoms. The van der Waals surface area contributed by atoms with Gasteiger partial charge >= 0.3 is 0 Å². The maximum atomic E-state index is 5.68. The molecule has 80 valence electrons. The predicted octanol–water partition coefficient (Wildman–Crippen LogP) is 1.31. The highest BCUT2D eigenvalue weighted by molar-refractivity contribution is 7.15. The smallest absolute Gasteiger partial charge is 0.216 e. The van der Waals surface area contributed by atoms with Crippen LogP contribution in [-0.4, -0.2) is 19.6 Å². The van der Waals surface area contributed by atoms with Crippen LogP contribution >= 0.6 is 11.3 Å². The highest BCUT2D eigenvalue weighted by Crippen LogP contribution is 2.21. The molecule has 2 N–H and O–H groups in total. The van der Waals surface area contributed by atoms with Crippen molar-refractivity contribution in [3.05, 3.63) is 35.5 Å². The summed E-state index contributed by atoms with van der Waals surface area (Å²) in [4.78, 5) is 5.12. The van der Waals surface area contributed by atoms with Gasteiger partial charge in [-0.15, -0.1) is 21.5 Å². The van der Waals surface area contributed by atoms with Gasteiger partial charge in [0.15, 0.2) is 5.82 Å². The van der Waals surface area contributed by atoms with Crippen molar-refractivity contribution < 1.29 is 0 Å². The summed E-state index contributed by atoms with van der Waals surface area (Å²) in [7, 11) is 0. The Morgan fingerprint density at radius 1 is 1.31 bits per heavy atom. The van der Waals surface area contributed by atoms with E-state index in [1.165, 1.54) is 11.3 Å². The minimum Gasteiger partial charge on any atom is -0.325 e. The SMILES string of the molecule is NCc1csc2nnc(-c3ccccn3)n12. The molecule has 6 heteroatoms. The molecular weight excluding hydrogens is 222 g/mol. The van der Waals surface area contributed by atoms with Gasteiger partial charge in [-0.25, -0.2) is 0 Å². The summed E-state index contributed by atoms with van der Waals surface area (Å²) in [6, 6.07) is 5.71. The van der Waals surface area contributed by atoms with E-state index in [1.54, 1.807) is 6.20 Å². The third-order valence-electron chi connectivity index (χ3n) is 2.32. The molecule has 0 radical (unpaired) electrons. The van der Waals surface area contributed by atoms with E-state index in [2.05, 4.69) is 15.2 Å². The van der Waals surface area contributed by atoms with E-state index in [0.29, 0.717) is 6.54 Å². The van der Waals surface area contributed by atoms with Gasteiger partial charge in [-0.05, 0) is 12.1 Å². The minimum absolute atomic E-state index is 0.470. The largest absolute Gasteiger partial charge is 0.325 e. The number of hydrogen-bond acceptors (Lipinski definition) is 5. The second-order valence-corrected chi connectivity index (χ2v) is 4.12. The summed E-state index contributed by atoms with van der Waals surface area (Å²) in [6.45, 7) is 0.470. The summed E-state index contributed by atoms with van der Waals surface area (Å²) in [5.74, 6) is 0.748. The van der Waals surface area contributed by atoms with Crippen molar-refractivity contribution in [2.75, 3.05) is 0 Å². The molecule has 0 aromatic carbocycles. The fourth-order valence-corrected chi connectivity index (χ4v) is 2.42. The molecule has 0 bridgehead atoms. The molecule has 3 rings (SSSR count). The van der Waals surface area contributed by atoms with Crippen molar-refractivity contribution in [2.45, 2.75) is 6.54 Å². The van der Waals surface area contributed by atoms with E-state index >= 15 is 0 Å². The molecule has 3 heterocycles. The van der Waals surface area contributed by atoms with Gasteiger partial charge in [0.05, 0.1) is 5.69 Å². The zero-order chi connectivity index (χ0) is 11.0. The van der Waals surface area contributed by atoms with Crippen LogP contribution in [-0.2, 0) is 6.54 Å². The fourth-order valence-electron chi connectivity index (χ4n) is 1.58. The zero-order valence-corrected chi connectivity index (χ0v) is 9.18. The van der Waals surface area contributed by atoms with Crippen LogP contribution in [0.15, 0.2) is 29.8 Å². The number of thiazole rings is 1. The lowest BCUT2D eigenvalue weighted by atomic mass is 10.3. The predicted molar refractivity (Wildman–Crippen MR) is 62.0 cm³/mol. The molecule has 0 fully saturated rings. The molecule has 0 saturated heterocycles. The Balaban J connectivity index is 2.28. The van der Waals surface area contributed by atoms with Crippen LogP contribution in [0.5, 0.6) is 0 Å². The van der Waals surface area contributed by atoms with E-state index in [9.17, 15) is 0 Å². The maximum Gasteiger partial charge on any atom is 0.216 e. The highest BCUT2D eigenvalue weighted by atomic mass is 32.1. The average Bonchev–Trinajstić information content (AvgIpc) is 2.90. The Morgan fingerprint density at radius 3 is 3.00 bits per heavy atom. The molecule has 3 aromatic rings. The number of fused-ring (bicyclic) bond motifs is 1. The third kappa shape index (κ3) is 1.31. The van der Waals surface area contributed by atoms with Gasteiger partial charge in [0, 0.05) is 18.1 Å². The number of rotatable bonds is 2. The summed E-state index contributed by atoms with van der Waals surface area (Å²) in [6.07, 6.45) is 1.74. The Bertz CT molecular complexity index is 612. The molecule has 0 amide bonds. The Hall–Kier alpha value is -1.79. The van der Waals surface area contributed by atoms with Crippen LogP contribution < -0.4 is 5.73 Å². The van der Waals surface area contributed by atoms with Crippen molar-refractivity contribution >= 4 is 16.3 Å². The highest BCUT2D eigenvalue weighted by Gasteiger charge is 2.12. The normalized spacial score (nSPS) is 11.1. The van der Waals surface area contributed by atoms with E-state index in [0.717, 1.165) is 22.2 Å². The summed E-state index contributed by atoms with van der Waals surface area (Å²) in [5.41, 5.74) is 7.49. The van der Waals surface area contributed by atoms with Gasteiger partial charge in [0.2, 0.25) is 4.96 Å². The molecular formula is C10H9N5S. The van der Waals surface area contributed by atoms with Crippen LogP contribution in [0.2, 0.25) is 0 Å². The summed E-state index contributed by atoms with van der Waals surface area (Å²) in [5, 5.41) is 10.2. The van der Waals surface area contributed by atoms with E-state index in [1.807, 2.05) is 28.0 Å². The van der Waals surface area contributed by atoms with Crippen molar-refractivity contribution in [3.63, 3.8) is 0 Å². The number of pyridine rings is 1. The second kappa shape index (κ2) is 3.66. The lowest BCUT2D eigenvalue weighted by Crippen LogP contribution is -2.01. The molecule has 3 aromatic heterocycles. The number of nitrogens with zero attached hydrogens (tertiary/aromatic N) is 4. The zero-order valence-electron chi connectivity index (χ0n) is 8.37. The number of hydrogen-bond donors (Lipinski definition) is 1. The van der Waals surface area contributed by atoms with Crippen LogP contribution in [0.3, 0.4) is 0 Å². The van der Waals surface area contributed by atoms with E-state index in [-0.39, 0.29) is 0 Å². The Kier molecular flexibility index (Phi) is 2.16. The summed E-state index contributed by atoms with van der Waals surface area (Å²) < 4.78 is 1.95. The molecule has 0 saturated carbocycles. The fraction of sp³-hybridized carbons (Fsp3) is 0.100. The first-order valence-electron chi connectivity index (χ1n) is 4.83. The van der Waals surface area contributed by atoms with Crippen molar-refractivity contribution in [2.24, 2.45) is 5.73 Å². The average molecular weight is 231 g/mol. The minimum atomic E-state index is 0.470. The Morgan fingerprint density at radius 2 is 2.25 bits per heavy atom. The Labute approximate surface area is 95.6 Å². The molecule has 0 aliphatic rings. The number of aromatic nitrogens is 4. The van der Waals surface area contributed by atoms with Crippen LogP contribution in [0.4, 0.5) is 0 Å². The first-order valence-corrected chi connectivity index (χ1v) is 5.71. The summed E-state index contributed by atoms with van der Waals surface area (Å²) >= 11 is 1.54. The number of nitrogens with two attached hydrogens (primary N) is 1. The van der Waals surface area contributed by atoms with Gasteiger partial charge in [-0.3, -0.25) is 9.38 Å². The van der Waals surface area contributed by atoms with Gasteiger partial charge in [0.1, 0.15) is 5.69 Å². The van der Waals surface area contributed by atoms with Gasteiger partial charge in [-0.1, -0.05) is 6.07 Å². The maximum absolute atomic E-state index is 5.68. The molecule has 0 aliphatic heterocycles. The molecule has 5 nitrogen and oxygen atoms in total. The van der Waals surface area contributed by atoms with Crippen LogP contribution in [0.25, 0.3) is 16.5 Å². The molecule has 0 aliphatic carbocycles. The quantitative estimate of drug-likeness (QED) is 0.722. The van der Waals surface area contributed by atoms with Gasteiger partial charge in [-0.2, -0.15) is 0 Å². The molecule has 0 atom stereocenters. The van der Waals surface area contributed by atoms with Crippen LogP contribution in [0.1, 0.15) is 5.69 Å². The molecule has 0 spiro atoms. The topological polar surface area (TPSA) is 69.1 Å². The lowest BCUT2D eigenvalue weighted by molar-refractivity contribution is 0.958. The van der Waals surface area contributed by atoms with E-state index < -0.39 is 0 Å². The molecule has 0 unspecified atom stereocenters. The van der Waals surface area contributed by atoms with Gasteiger partial charge in [0.25, 0.3) is 0 Å². The van der Waals surface area contributed by atoms with Crippen molar-refractivity contribution in [1.82, 2.24) is 19.6 Å². The van der Waals surface area contributed by atoms with Crippen molar-refractivity contribution in [3.8, 4) is 11.5 Å². The standard InChI is InChI=1S/C10H9N5S/c11-5-7-6-16-10-14-13-9(15(7)10)8-3-1-2-4-12-8/h1-4,6H,5,11H2. The lowest BCUT2D eigenvalue weighted by Gasteiger charge is -1.98. The monoisotopic (exact) mass is 231 g/mol. The van der Waals surface area contributed by atoms with Crippen molar-refractivity contribution in [1.29, 1.82) is 0 Å². The second-order valence-electron chi connectivity index (χ2n) is 3.29. The van der Waals surface area contributed by atoms with Crippen LogP contribution in [0, 0.1) is 0 Å². The first-order chi connectivity index (χ1) is 7.90.